The summed E-state index contributed by atoms with van der Waals surface area (Å²) in [6.07, 6.45) is 1.89. The van der Waals surface area contributed by atoms with Crippen LogP contribution in [0.3, 0.4) is 0 Å². The molecule has 0 amide bonds. The van der Waals surface area contributed by atoms with Crippen molar-refractivity contribution in [1.82, 2.24) is 4.98 Å². The fraction of sp³-hybridized carbons (Fsp3) is 0. The minimum Gasteiger partial charge on any atom is -0.308 e. The Morgan fingerprint density at radius 1 is 0.420 bits per heavy atom. The van der Waals surface area contributed by atoms with Crippen LogP contribution in [0.2, 0.25) is 0 Å². The van der Waals surface area contributed by atoms with Crippen LogP contribution in [-0.4, -0.2) is 4.98 Å². The first-order valence-corrected chi connectivity index (χ1v) is 16.8. The second-order valence-corrected chi connectivity index (χ2v) is 12.5. The molecule has 50 heavy (non-hydrogen) atoms. The van der Waals surface area contributed by atoms with Crippen LogP contribution in [0.5, 0.6) is 0 Å². The van der Waals surface area contributed by atoms with E-state index in [1.165, 1.54) is 33.4 Å². The van der Waals surface area contributed by atoms with Crippen LogP contribution >= 0.6 is 0 Å². The Bertz CT molecular complexity index is 2640. The standard InChI is InChI=1S/C47H31FN2/c48-42-20-10-11-21-43(42)50(37-18-8-3-9-19-37)38-26-22-32(23-27-38)36-25-28-39-41(31-36)44(33-13-4-1-5-14-33)40-29-24-35-17-12-30-49-47(35)46(40)45(39)34-15-6-2-7-16-34/h1-31H. The van der Waals surface area contributed by atoms with Crippen LogP contribution in [0.1, 0.15) is 0 Å². The second-order valence-electron chi connectivity index (χ2n) is 12.5. The fourth-order valence-corrected chi connectivity index (χ4v) is 7.30. The van der Waals surface area contributed by atoms with Gasteiger partial charge in [0.25, 0.3) is 0 Å². The van der Waals surface area contributed by atoms with Gasteiger partial charge in [0.05, 0.1) is 11.2 Å². The first-order valence-electron chi connectivity index (χ1n) is 16.8. The lowest BCUT2D eigenvalue weighted by Gasteiger charge is -2.26. The maximum atomic E-state index is 15.2. The maximum absolute atomic E-state index is 15.2. The highest BCUT2D eigenvalue weighted by Crippen LogP contribution is 2.47. The van der Waals surface area contributed by atoms with Gasteiger partial charge in [0.2, 0.25) is 0 Å². The molecule has 0 bridgehead atoms. The van der Waals surface area contributed by atoms with E-state index in [9.17, 15) is 0 Å². The van der Waals surface area contributed by atoms with Crippen molar-refractivity contribution in [2.75, 3.05) is 4.90 Å². The molecule has 2 nitrogen and oxygen atoms in total. The number of benzene rings is 8. The number of halogens is 1. The lowest BCUT2D eigenvalue weighted by atomic mass is 9.84. The number of nitrogens with zero attached hydrogens (tertiary/aromatic N) is 2. The average molecular weight is 643 g/mol. The molecule has 1 heterocycles. The summed E-state index contributed by atoms with van der Waals surface area (Å²) in [4.78, 5) is 6.91. The molecule has 236 valence electrons. The van der Waals surface area contributed by atoms with Gasteiger partial charge in [0.15, 0.2) is 0 Å². The molecule has 0 saturated carbocycles. The molecule has 0 saturated heterocycles. The minimum absolute atomic E-state index is 0.271. The number of aromatic nitrogens is 1. The van der Waals surface area contributed by atoms with E-state index in [0.717, 1.165) is 49.9 Å². The molecule has 0 spiro atoms. The van der Waals surface area contributed by atoms with Crippen molar-refractivity contribution in [3.63, 3.8) is 0 Å². The Labute approximate surface area is 290 Å². The van der Waals surface area contributed by atoms with Crippen LogP contribution in [0.25, 0.3) is 65.8 Å². The van der Waals surface area contributed by atoms with Crippen molar-refractivity contribution >= 4 is 49.5 Å². The lowest BCUT2D eigenvalue weighted by molar-refractivity contribution is 0.629. The highest BCUT2D eigenvalue weighted by Gasteiger charge is 2.20. The third-order valence-corrected chi connectivity index (χ3v) is 9.54. The molecule has 1 aromatic heterocycles. The van der Waals surface area contributed by atoms with Gasteiger partial charge in [0, 0.05) is 28.3 Å². The van der Waals surface area contributed by atoms with Crippen LogP contribution in [0, 0.1) is 5.82 Å². The van der Waals surface area contributed by atoms with Gasteiger partial charge in [-0.2, -0.15) is 0 Å². The molecule has 0 radical (unpaired) electrons. The van der Waals surface area contributed by atoms with Crippen molar-refractivity contribution in [1.29, 1.82) is 0 Å². The van der Waals surface area contributed by atoms with Crippen LogP contribution in [-0.2, 0) is 0 Å². The van der Waals surface area contributed by atoms with Gasteiger partial charge in [0.1, 0.15) is 5.82 Å². The highest BCUT2D eigenvalue weighted by atomic mass is 19.1. The zero-order chi connectivity index (χ0) is 33.4. The molecule has 9 rings (SSSR count). The van der Waals surface area contributed by atoms with E-state index in [-0.39, 0.29) is 5.82 Å². The zero-order valence-electron chi connectivity index (χ0n) is 27.2. The van der Waals surface area contributed by atoms with E-state index in [1.807, 2.05) is 59.6 Å². The molecular weight excluding hydrogens is 612 g/mol. The smallest absolute Gasteiger partial charge is 0.147 e. The molecule has 0 unspecified atom stereocenters. The molecule has 8 aromatic carbocycles. The average Bonchev–Trinajstić information content (AvgIpc) is 3.19. The van der Waals surface area contributed by atoms with Gasteiger partial charge in [-0.1, -0.05) is 133 Å². The Morgan fingerprint density at radius 3 is 1.74 bits per heavy atom. The Morgan fingerprint density at radius 2 is 1.02 bits per heavy atom. The van der Waals surface area contributed by atoms with E-state index >= 15 is 4.39 Å². The summed E-state index contributed by atoms with van der Waals surface area (Å²) in [6.45, 7) is 0. The van der Waals surface area contributed by atoms with E-state index in [1.54, 1.807) is 6.07 Å². The SMILES string of the molecule is Fc1ccccc1N(c1ccccc1)c1ccc(-c2ccc3c(-c4ccccc4)c4c(ccc5cccnc54)c(-c4ccccc4)c3c2)cc1. The Balaban J connectivity index is 1.28. The van der Waals surface area contributed by atoms with Crippen molar-refractivity contribution in [3.8, 4) is 33.4 Å². The van der Waals surface area contributed by atoms with Gasteiger partial charge in [-0.15, -0.1) is 0 Å². The molecule has 3 heteroatoms. The summed E-state index contributed by atoms with van der Waals surface area (Å²) in [5, 5.41) is 5.80. The maximum Gasteiger partial charge on any atom is 0.147 e. The van der Waals surface area contributed by atoms with Gasteiger partial charge in [-0.05, 0) is 98.1 Å². The third kappa shape index (κ3) is 5.08. The van der Waals surface area contributed by atoms with E-state index in [0.29, 0.717) is 5.69 Å². The number of hydrogen-bond donors (Lipinski definition) is 0. The van der Waals surface area contributed by atoms with Crippen molar-refractivity contribution < 1.29 is 4.39 Å². The van der Waals surface area contributed by atoms with Crippen LogP contribution in [0.15, 0.2) is 188 Å². The minimum atomic E-state index is -0.271. The second kappa shape index (κ2) is 12.5. The molecule has 0 aliphatic heterocycles. The topological polar surface area (TPSA) is 16.1 Å². The van der Waals surface area contributed by atoms with Crippen LogP contribution in [0.4, 0.5) is 21.5 Å². The van der Waals surface area contributed by atoms with E-state index < -0.39 is 0 Å². The summed E-state index contributed by atoms with van der Waals surface area (Å²) in [5.41, 5.74) is 10.2. The third-order valence-electron chi connectivity index (χ3n) is 9.54. The highest BCUT2D eigenvalue weighted by molar-refractivity contribution is 6.27. The summed E-state index contributed by atoms with van der Waals surface area (Å²) >= 11 is 0. The van der Waals surface area contributed by atoms with Gasteiger partial charge < -0.3 is 4.90 Å². The molecule has 0 fully saturated rings. The number of anilines is 3. The van der Waals surface area contributed by atoms with Crippen molar-refractivity contribution in [3.05, 3.63) is 194 Å². The van der Waals surface area contributed by atoms with E-state index in [2.05, 4.69) is 121 Å². The zero-order valence-corrected chi connectivity index (χ0v) is 27.2. The predicted octanol–water partition coefficient (Wildman–Crippen LogP) is 13.2. The largest absolute Gasteiger partial charge is 0.308 e. The number of para-hydroxylation sites is 2. The summed E-state index contributed by atoms with van der Waals surface area (Å²) in [5.74, 6) is -0.271. The Kier molecular flexibility index (Phi) is 7.37. The summed E-state index contributed by atoms with van der Waals surface area (Å²) in [6, 6.07) is 62.0. The van der Waals surface area contributed by atoms with Gasteiger partial charge in [-0.25, -0.2) is 4.39 Å². The number of fused-ring (bicyclic) bond motifs is 4. The van der Waals surface area contributed by atoms with Gasteiger partial charge in [-0.3, -0.25) is 4.98 Å². The van der Waals surface area contributed by atoms with E-state index in [4.69, 9.17) is 4.98 Å². The molecular formula is C47H31FN2. The summed E-state index contributed by atoms with van der Waals surface area (Å²) in [7, 11) is 0. The Hall–Kier alpha value is -6.58. The first-order chi connectivity index (χ1) is 24.7. The normalized spacial score (nSPS) is 11.3. The first kappa shape index (κ1) is 29.6. The molecule has 0 aliphatic carbocycles. The van der Waals surface area contributed by atoms with Crippen LogP contribution < -0.4 is 4.90 Å². The quantitative estimate of drug-likeness (QED) is 0.133. The molecule has 0 aliphatic rings. The lowest BCUT2D eigenvalue weighted by Crippen LogP contribution is -2.11. The number of pyridine rings is 1. The molecule has 0 N–H and O–H groups in total. The van der Waals surface area contributed by atoms with Gasteiger partial charge >= 0.3 is 0 Å². The summed E-state index contributed by atoms with van der Waals surface area (Å²) < 4.78 is 15.2. The number of rotatable bonds is 6. The van der Waals surface area contributed by atoms with Crippen molar-refractivity contribution in [2.24, 2.45) is 0 Å². The monoisotopic (exact) mass is 642 g/mol. The number of hydrogen-bond acceptors (Lipinski definition) is 2. The van der Waals surface area contributed by atoms with Crippen molar-refractivity contribution in [2.45, 2.75) is 0 Å². The fourth-order valence-electron chi connectivity index (χ4n) is 7.30. The predicted molar refractivity (Wildman–Crippen MR) is 208 cm³/mol. The molecule has 9 aromatic rings. The molecule has 0 atom stereocenters.